The third-order valence-corrected chi connectivity index (χ3v) is 2.81. The summed E-state index contributed by atoms with van der Waals surface area (Å²) < 4.78 is 5.12. The van der Waals surface area contributed by atoms with E-state index in [1.165, 1.54) is 0 Å². The average molecular weight is 272 g/mol. The fraction of sp³-hybridized carbons (Fsp3) is 0.417. The zero-order valence-electron chi connectivity index (χ0n) is 10.3. The maximum Gasteiger partial charge on any atom is 0.139 e. The molecule has 1 aromatic rings. The van der Waals surface area contributed by atoms with Crippen molar-refractivity contribution in [2.45, 2.75) is 19.3 Å². The third-order valence-electron chi connectivity index (χ3n) is 2.48. The molecule has 18 heavy (non-hydrogen) atoms. The lowest BCUT2D eigenvalue weighted by Gasteiger charge is -2.09. The van der Waals surface area contributed by atoms with E-state index in [9.17, 15) is 0 Å². The van der Waals surface area contributed by atoms with E-state index in [0.29, 0.717) is 11.4 Å². The van der Waals surface area contributed by atoms with Gasteiger partial charge in [-0.15, -0.1) is 0 Å². The number of benzene rings is 1. The van der Waals surface area contributed by atoms with Crippen molar-refractivity contribution in [3.05, 3.63) is 23.2 Å². The molecule has 1 aromatic carbocycles. The number of ether oxygens (including phenoxy) is 1. The molecule has 0 saturated carbocycles. The number of oxime groups is 1. The Hall–Kier alpha value is -1.62. The molecule has 0 bridgehead atoms. The van der Waals surface area contributed by atoms with Crippen molar-refractivity contribution in [2.24, 2.45) is 10.9 Å². The highest BCUT2D eigenvalue weighted by atomic mass is 35.5. The molecule has 0 aliphatic carbocycles. The monoisotopic (exact) mass is 271 g/mol. The fourth-order valence-electron chi connectivity index (χ4n) is 1.47. The minimum atomic E-state index is 0.259. The van der Waals surface area contributed by atoms with Crippen LogP contribution < -0.4 is 15.8 Å². The Bertz CT molecular complexity index is 410. The van der Waals surface area contributed by atoms with E-state index in [1.54, 1.807) is 13.2 Å². The van der Waals surface area contributed by atoms with Crippen LogP contribution in [0.4, 0.5) is 5.69 Å². The molecule has 1 rings (SSSR count). The van der Waals surface area contributed by atoms with Crippen LogP contribution in [0.25, 0.3) is 0 Å². The lowest BCUT2D eigenvalue weighted by atomic mass is 10.2. The number of nitrogens with zero attached hydrogens (tertiary/aromatic N) is 1. The molecule has 0 heterocycles. The zero-order chi connectivity index (χ0) is 13.4. The van der Waals surface area contributed by atoms with Gasteiger partial charge in [0.25, 0.3) is 0 Å². The minimum Gasteiger partial charge on any atom is -0.497 e. The van der Waals surface area contributed by atoms with E-state index in [4.69, 9.17) is 27.3 Å². The van der Waals surface area contributed by atoms with Gasteiger partial charge < -0.3 is 21.0 Å². The van der Waals surface area contributed by atoms with Gasteiger partial charge in [-0.2, -0.15) is 0 Å². The maximum absolute atomic E-state index is 8.38. The van der Waals surface area contributed by atoms with E-state index in [0.717, 1.165) is 30.8 Å². The predicted molar refractivity (Wildman–Crippen MR) is 73.8 cm³/mol. The SMILES string of the molecule is COc1ccc(Cl)c(NCCCCC(N)=NO)c1. The van der Waals surface area contributed by atoms with Gasteiger partial charge in [0.05, 0.1) is 17.8 Å². The van der Waals surface area contributed by atoms with Crippen LogP contribution >= 0.6 is 11.6 Å². The first-order valence-corrected chi connectivity index (χ1v) is 6.09. The summed E-state index contributed by atoms with van der Waals surface area (Å²) in [7, 11) is 1.62. The molecule has 0 saturated heterocycles. The van der Waals surface area contributed by atoms with Crippen molar-refractivity contribution in [3.8, 4) is 5.75 Å². The summed E-state index contributed by atoms with van der Waals surface area (Å²) in [6.45, 7) is 0.769. The molecular weight excluding hydrogens is 254 g/mol. The minimum absolute atomic E-state index is 0.259. The number of hydrogen-bond acceptors (Lipinski definition) is 4. The lowest BCUT2D eigenvalue weighted by Crippen LogP contribution is -2.12. The molecule has 0 atom stereocenters. The second-order valence-corrected chi connectivity index (χ2v) is 4.23. The number of hydrogen-bond donors (Lipinski definition) is 3. The summed E-state index contributed by atoms with van der Waals surface area (Å²) in [5.41, 5.74) is 6.22. The lowest BCUT2D eigenvalue weighted by molar-refractivity contribution is 0.316. The first-order chi connectivity index (χ1) is 8.67. The first-order valence-electron chi connectivity index (χ1n) is 5.71. The largest absolute Gasteiger partial charge is 0.497 e. The zero-order valence-corrected chi connectivity index (χ0v) is 11.1. The van der Waals surface area contributed by atoms with Gasteiger partial charge in [-0.25, -0.2) is 0 Å². The van der Waals surface area contributed by atoms with Crippen LogP contribution in [0.2, 0.25) is 5.02 Å². The van der Waals surface area contributed by atoms with Gasteiger partial charge in [-0.1, -0.05) is 16.8 Å². The van der Waals surface area contributed by atoms with Gasteiger partial charge in [0.1, 0.15) is 11.6 Å². The van der Waals surface area contributed by atoms with Crippen LogP contribution in [-0.2, 0) is 0 Å². The number of anilines is 1. The Labute approximate surface area is 112 Å². The number of nitrogens with two attached hydrogens (primary N) is 1. The van der Waals surface area contributed by atoms with Crippen LogP contribution in [0.3, 0.4) is 0 Å². The van der Waals surface area contributed by atoms with Gasteiger partial charge in [0.2, 0.25) is 0 Å². The topological polar surface area (TPSA) is 79.9 Å². The molecular formula is C12H18ClN3O2. The fourth-order valence-corrected chi connectivity index (χ4v) is 1.66. The van der Waals surface area contributed by atoms with E-state index >= 15 is 0 Å². The highest BCUT2D eigenvalue weighted by molar-refractivity contribution is 6.33. The number of nitrogens with one attached hydrogen (secondary N) is 1. The Morgan fingerprint density at radius 2 is 2.28 bits per heavy atom. The second-order valence-electron chi connectivity index (χ2n) is 3.82. The van der Waals surface area contributed by atoms with Gasteiger partial charge in [-0.3, -0.25) is 0 Å². The summed E-state index contributed by atoms with van der Waals surface area (Å²) in [6, 6.07) is 5.46. The van der Waals surface area contributed by atoms with Crippen molar-refractivity contribution in [2.75, 3.05) is 19.0 Å². The number of rotatable bonds is 7. The molecule has 6 heteroatoms. The Balaban J connectivity index is 2.35. The normalized spacial score (nSPS) is 11.3. The van der Waals surface area contributed by atoms with Crippen molar-refractivity contribution in [3.63, 3.8) is 0 Å². The predicted octanol–water partition coefficient (Wildman–Crippen LogP) is 2.68. The van der Waals surface area contributed by atoms with Crippen molar-refractivity contribution < 1.29 is 9.94 Å². The van der Waals surface area contributed by atoms with Crippen LogP contribution in [0.15, 0.2) is 23.4 Å². The molecule has 0 amide bonds. The summed E-state index contributed by atoms with van der Waals surface area (Å²) >= 11 is 6.05. The highest BCUT2D eigenvalue weighted by Crippen LogP contribution is 2.26. The van der Waals surface area contributed by atoms with E-state index in [1.807, 2.05) is 12.1 Å². The molecule has 0 fully saturated rings. The van der Waals surface area contributed by atoms with Gasteiger partial charge >= 0.3 is 0 Å². The second kappa shape index (κ2) is 7.66. The first kappa shape index (κ1) is 14.4. The van der Waals surface area contributed by atoms with Gasteiger partial charge in [-0.05, 0) is 25.0 Å². The van der Waals surface area contributed by atoms with Crippen molar-refractivity contribution in [1.82, 2.24) is 0 Å². The number of amidine groups is 1. The van der Waals surface area contributed by atoms with Gasteiger partial charge in [0.15, 0.2) is 0 Å². The molecule has 0 aliphatic rings. The summed E-state index contributed by atoms with van der Waals surface area (Å²) in [6.07, 6.45) is 2.35. The number of unbranched alkanes of at least 4 members (excludes halogenated alkanes) is 1. The summed E-state index contributed by atoms with van der Waals surface area (Å²) in [5, 5.41) is 15.2. The average Bonchev–Trinajstić information content (AvgIpc) is 2.40. The Kier molecular flexibility index (Phi) is 6.14. The smallest absolute Gasteiger partial charge is 0.139 e. The Morgan fingerprint density at radius 1 is 1.50 bits per heavy atom. The molecule has 5 nitrogen and oxygen atoms in total. The molecule has 0 aliphatic heterocycles. The van der Waals surface area contributed by atoms with E-state index < -0.39 is 0 Å². The molecule has 0 radical (unpaired) electrons. The van der Waals surface area contributed by atoms with Crippen LogP contribution in [0.5, 0.6) is 5.75 Å². The van der Waals surface area contributed by atoms with Crippen LogP contribution in [0.1, 0.15) is 19.3 Å². The summed E-state index contributed by atoms with van der Waals surface area (Å²) in [5.74, 6) is 1.02. The van der Waals surface area contributed by atoms with Gasteiger partial charge in [0, 0.05) is 19.0 Å². The highest BCUT2D eigenvalue weighted by Gasteiger charge is 2.01. The van der Waals surface area contributed by atoms with Crippen molar-refractivity contribution >= 4 is 23.1 Å². The quantitative estimate of drug-likeness (QED) is 0.234. The van der Waals surface area contributed by atoms with E-state index in [2.05, 4.69) is 10.5 Å². The van der Waals surface area contributed by atoms with E-state index in [-0.39, 0.29) is 5.84 Å². The number of methoxy groups -OCH3 is 1. The molecule has 100 valence electrons. The number of halogens is 1. The maximum atomic E-state index is 8.38. The van der Waals surface area contributed by atoms with Crippen LogP contribution in [-0.4, -0.2) is 24.7 Å². The summed E-state index contributed by atoms with van der Waals surface area (Å²) in [4.78, 5) is 0. The molecule has 0 aromatic heterocycles. The standard InChI is InChI=1S/C12H18ClN3O2/c1-18-9-5-6-10(13)11(8-9)15-7-3-2-4-12(14)16-17/h5-6,8,15,17H,2-4,7H2,1H3,(H2,14,16). The molecule has 0 unspecified atom stereocenters. The Morgan fingerprint density at radius 3 is 2.94 bits per heavy atom. The third kappa shape index (κ3) is 4.71. The van der Waals surface area contributed by atoms with Crippen LogP contribution in [0, 0.1) is 0 Å². The van der Waals surface area contributed by atoms with Crippen molar-refractivity contribution in [1.29, 1.82) is 0 Å². The molecule has 0 spiro atoms. The molecule has 4 N–H and O–H groups in total.